The number of phenolic OH excluding ortho intramolecular Hbond substituents is 1. The van der Waals surface area contributed by atoms with Gasteiger partial charge in [0.25, 0.3) is 0 Å². The molecule has 0 fully saturated rings. The Morgan fingerprint density at radius 1 is 1.00 bits per heavy atom. The number of aliphatic hydroxyl groups is 1. The summed E-state index contributed by atoms with van der Waals surface area (Å²) in [4.78, 5) is 0. The van der Waals surface area contributed by atoms with Gasteiger partial charge in [0.1, 0.15) is 18.1 Å². The van der Waals surface area contributed by atoms with Crippen LogP contribution in [0.5, 0.6) is 11.5 Å². The maximum absolute atomic E-state index is 10.7. The first-order valence-corrected chi connectivity index (χ1v) is 11.0. The van der Waals surface area contributed by atoms with Crippen molar-refractivity contribution >= 4 is 6.08 Å². The van der Waals surface area contributed by atoms with Crippen molar-refractivity contribution in [3.8, 4) is 11.5 Å². The minimum absolute atomic E-state index is 0.161. The predicted molar refractivity (Wildman–Crippen MR) is 130 cm³/mol. The quantitative estimate of drug-likeness (QED) is 0.378. The molecule has 0 aliphatic heterocycles. The van der Waals surface area contributed by atoms with Gasteiger partial charge >= 0.3 is 0 Å². The van der Waals surface area contributed by atoms with Crippen molar-refractivity contribution in [2.75, 3.05) is 0 Å². The molecule has 1 unspecified atom stereocenters. The Hall–Kier alpha value is -2.78. The van der Waals surface area contributed by atoms with E-state index in [1.807, 2.05) is 30.3 Å². The Labute approximate surface area is 187 Å². The first-order valence-electron chi connectivity index (χ1n) is 11.0. The first-order chi connectivity index (χ1) is 14.7. The van der Waals surface area contributed by atoms with Crippen molar-refractivity contribution in [1.29, 1.82) is 0 Å². The van der Waals surface area contributed by atoms with Gasteiger partial charge in [-0.15, -0.1) is 0 Å². The molecule has 0 radical (unpaired) electrons. The number of phenols is 1. The lowest BCUT2D eigenvalue weighted by molar-refractivity contribution is 0.104. The van der Waals surface area contributed by atoms with Crippen LogP contribution >= 0.6 is 0 Å². The van der Waals surface area contributed by atoms with E-state index in [2.05, 4.69) is 32.9 Å². The number of allylic oxidation sites excluding steroid dienone is 4. The zero-order valence-electron chi connectivity index (χ0n) is 19.3. The van der Waals surface area contributed by atoms with Crippen molar-refractivity contribution in [1.82, 2.24) is 0 Å². The standard InChI is InChI=1S/C28H36O3/c1-22(2)10-8-11-23(3)12-9-18-28(4,30)19-17-25-20-26(15-16-27(25)29)31-21-24-13-6-5-7-14-24/h5-7,10,12-17,19-20,29-30H,8-9,11,18,21H2,1-4H3/b19-17+,23-12+. The minimum atomic E-state index is -0.954. The van der Waals surface area contributed by atoms with Crippen LogP contribution in [0.3, 0.4) is 0 Å². The zero-order chi connectivity index (χ0) is 22.7. The maximum atomic E-state index is 10.7. The summed E-state index contributed by atoms with van der Waals surface area (Å²) in [5.74, 6) is 0.838. The summed E-state index contributed by atoms with van der Waals surface area (Å²) in [5.41, 5.74) is 3.44. The fourth-order valence-electron chi connectivity index (χ4n) is 3.15. The molecular weight excluding hydrogens is 384 g/mol. The van der Waals surface area contributed by atoms with Gasteiger partial charge in [-0.1, -0.05) is 65.8 Å². The molecule has 0 saturated heterocycles. The largest absolute Gasteiger partial charge is 0.507 e. The van der Waals surface area contributed by atoms with E-state index in [1.54, 1.807) is 37.3 Å². The van der Waals surface area contributed by atoms with Gasteiger partial charge in [-0.05, 0) is 77.1 Å². The van der Waals surface area contributed by atoms with E-state index in [0.29, 0.717) is 24.3 Å². The van der Waals surface area contributed by atoms with Crippen LogP contribution in [0.2, 0.25) is 0 Å². The number of rotatable bonds is 11. The third kappa shape index (κ3) is 9.71. The molecule has 31 heavy (non-hydrogen) atoms. The number of ether oxygens (including phenoxy) is 1. The Kier molecular flexibility index (Phi) is 9.61. The normalized spacial score (nSPS) is 13.8. The lowest BCUT2D eigenvalue weighted by atomic mass is 9.97. The van der Waals surface area contributed by atoms with Crippen LogP contribution in [-0.4, -0.2) is 15.8 Å². The Bertz CT molecular complexity index is 901. The van der Waals surface area contributed by atoms with Gasteiger partial charge in [0, 0.05) is 5.56 Å². The van der Waals surface area contributed by atoms with Gasteiger partial charge in [-0.25, -0.2) is 0 Å². The summed E-state index contributed by atoms with van der Waals surface area (Å²) >= 11 is 0. The summed E-state index contributed by atoms with van der Waals surface area (Å²) in [5, 5.41) is 20.9. The highest BCUT2D eigenvalue weighted by Crippen LogP contribution is 2.27. The third-order valence-electron chi connectivity index (χ3n) is 5.10. The van der Waals surface area contributed by atoms with Gasteiger partial charge in [0.2, 0.25) is 0 Å². The average Bonchev–Trinajstić information content (AvgIpc) is 2.72. The van der Waals surface area contributed by atoms with Gasteiger partial charge in [0.15, 0.2) is 0 Å². The van der Waals surface area contributed by atoms with E-state index < -0.39 is 5.60 Å². The molecule has 0 spiro atoms. The van der Waals surface area contributed by atoms with Gasteiger partial charge in [-0.3, -0.25) is 0 Å². The monoisotopic (exact) mass is 420 g/mol. The van der Waals surface area contributed by atoms with E-state index in [1.165, 1.54) is 11.1 Å². The molecule has 3 nitrogen and oxygen atoms in total. The molecule has 0 saturated carbocycles. The molecule has 0 amide bonds. The zero-order valence-corrected chi connectivity index (χ0v) is 19.3. The molecule has 2 aromatic rings. The molecule has 0 bridgehead atoms. The molecule has 2 rings (SSSR count). The molecule has 0 aliphatic rings. The Morgan fingerprint density at radius 2 is 1.74 bits per heavy atom. The number of hydrogen-bond donors (Lipinski definition) is 2. The summed E-state index contributed by atoms with van der Waals surface area (Å²) < 4.78 is 5.84. The number of hydrogen-bond acceptors (Lipinski definition) is 3. The molecule has 1 atom stereocenters. The smallest absolute Gasteiger partial charge is 0.123 e. The van der Waals surface area contributed by atoms with E-state index in [-0.39, 0.29) is 5.75 Å². The van der Waals surface area contributed by atoms with Crippen LogP contribution in [0.4, 0.5) is 0 Å². The van der Waals surface area contributed by atoms with E-state index in [9.17, 15) is 10.2 Å². The molecular formula is C28H36O3. The molecule has 3 heteroatoms. The summed E-state index contributed by atoms with van der Waals surface area (Å²) in [7, 11) is 0. The van der Waals surface area contributed by atoms with Crippen LogP contribution in [0.25, 0.3) is 6.08 Å². The second kappa shape index (κ2) is 12.2. The lowest BCUT2D eigenvalue weighted by Crippen LogP contribution is -2.19. The van der Waals surface area contributed by atoms with Crippen molar-refractivity contribution in [2.24, 2.45) is 0 Å². The van der Waals surface area contributed by atoms with E-state index in [0.717, 1.165) is 24.8 Å². The Morgan fingerprint density at radius 3 is 2.45 bits per heavy atom. The van der Waals surface area contributed by atoms with Crippen molar-refractivity contribution < 1.29 is 14.9 Å². The second-order valence-electron chi connectivity index (χ2n) is 8.59. The van der Waals surface area contributed by atoms with E-state index >= 15 is 0 Å². The van der Waals surface area contributed by atoms with Crippen molar-refractivity contribution in [2.45, 2.75) is 65.6 Å². The molecule has 166 valence electrons. The molecule has 0 heterocycles. The second-order valence-corrected chi connectivity index (χ2v) is 8.59. The summed E-state index contributed by atoms with van der Waals surface area (Å²) in [6.45, 7) is 8.63. The third-order valence-corrected chi connectivity index (χ3v) is 5.10. The summed E-state index contributed by atoms with van der Waals surface area (Å²) in [6, 6.07) is 15.1. The first kappa shape index (κ1) is 24.5. The molecule has 2 N–H and O–H groups in total. The van der Waals surface area contributed by atoms with Crippen LogP contribution in [0.15, 0.2) is 77.9 Å². The van der Waals surface area contributed by atoms with E-state index in [4.69, 9.17) is 4.74 Å². The maximum Gasteiger partial charge on any atom is 0.123 e. The fourth-order valence-corrected chi connectivity index (χ4v) is 3.15. The van der Waals surface area contributed by atoms with Crippen LogP contribution < -0.4 is 4.74 Å². The van der Waals surface area contributed by atoms with Gasteiger partial charge < -0.3 is 14.9 Å². The molecule has 0 aliphatic carbocycles. The topological polar surface area (TPSA) is 49.7 Å². The highest BCUT2D eigenvalue weighted by molar-refractivity contribution is 5.59. The van der Waals surface area contributed by atoms with Gasteiger partial charge in [-0.2, -0.15) is 0 Å². The Balaban J connectivity index is 1.92. The van der Waals surface area contributed by atoms with Crippen LogP contribution in [0.1, 0.15) is 64.5 Å². The highest BCUT2D eigenvalue weighted by atomic mass is 16.5. The fraction of sp³-hybridized carbons (Fsp3) is 0.357. The SMILES string of the molecule is CC(C)=CCC/C(C)=C/CCC(C)(O)/C=C/c1cc(OCc2ccccc2)ccc1O. The lowest BCUT2D eigenvalue weighted by Gasteiger charge is -2.18. The molecule has 2 aromatic carbocycles. The van der Waals surface area contributed by atoms with Gasteiger partial charge in [0.05, 0.1) is 5.60 Å². The van der Waals surface area contributed by atoms with Crippen LogP contribution in [-0.2, 0) is 6.61 Å². The van der Waals surface area contributed by atoms with Crippen molar-refractivity contribution in [3.05, 3.63) is 89.0 Å². The van der Waals surface area contributed by atoms with Crippen LogP contribution in [0, 0.1) is 0 Å². The predicted octanol–water partition coefficient (Wildman–Crippen LogP) is 7.21. The highest BCUT2D eigenvalue weighted by Gasteiger charge is 2.15. The summed E-state index contributed by atoms with van der Waals surface area (Å²) in [6.07, 6.45) is 11.5. The minimum Gasteiger partial charge on any atom is -0.507 e. The number of benzene rings is 2. The average molecular weight is 421 g/mol. The number of aromatic hydroxyl groups is 1. The van der Waals surface area contributed by atoms with Crippen molar-refractivity contribution in [3.63, 3.8) is 0 Å². The molecule has 0 aromatic heterocycles.